The Bertz CT molecular complexity index is 1020. The van der Waals surface area contributed by atoms with Gasteiger partial charge in [0.25, 0.3) is 11.5 Å². The summed E-state index contributed by atoms with van der Waals surface area (Å²) in [6.07, 6.45) is 3.74. The van der Waals surface area contributed by atoms with Crippen molar-refractivity contribution in [3.8, 4) is 0 Å². The van der Waals surface area contributed by atoms with Crippen LogP contribution in [-0.4, -0.2) is 27.6 Å². The van der Waals surface area contributed by atoms with Crippen LogP contribution in [0.25, 0.3) is 11.0 Å². The van der Waals surface area contributed by atoms with Gasteiger partial charge in [-0.05, 0) is 25.0 Å². The van der Waals surface area contributed by atoms with Gasteiger partial charge in [0.2, 0.25) is 0 Å². The number of nitrogens with zero attached hydrogens (tertiary/aromatic N) is 3. The molecule has 2 aromatic heterocycles. The molecule has 3 aromatic rings. The molecule has 0 bridgehead atoms. The molecule has 0 saturated heterocycles. The second kappa shape index (κ2) is 8.87. The number of unbranched alkanes of at least 4 members (excludes halogenated alkanes) is 1. The van der Waals surface area contributed by atoms with Gasteiger partial charge in [-0.25, -0.2) is 4.68 Å². The number of aromatic nitrogens is 2. The van der Waals surface area contributed by atoms with Crippen LogP contribution in [-0.2, 0) is 19.5 Å². The average molecular weight is 381 g/mol. The second-order valence-corrected chi connectivity index (χ2v) is 7.04. The van der Waals surface area contributed by atoms with E-state index >= 15 is 0 Å². The fourth-order valence-corrected chi connectivity index (χ4v) is 3.30. The number of para-hydroxylation sites is 1. The van der Waals surface area contributed by atoms with E-state index < -0.39 is 0 Å². The van der Waals surface area contributed by atoms with Crippen molar-refractivity contribution in [2.45, 2.75) is 52.6 Å². The van der Waals surface area contributed by atoms with Crippen LogP contribution in [0.15, 0.2) is 45.6 Å². The molecular formula is C22H27N3O3. The van der Waals surface area contributed by atoms with Crippen molar-refractivity contribution in [2.75, 3.05) is 7.05 Å². The first-order valence-corrected chi connectivity index (χ1v) is 9.88. The topological polar surface area (TPSA) is 68.3 Å². The molecule has 6 heteroatoms. The van der Waals surface area contributed by atoms with Gasteiger partial charge in [-0.1, -0.05) is 38.5 Å². The van der Waals surface area contributed by atoms with Crippen molar-refractivity contribution in [3.05, 3.63) is 63.8 Å². The Morgan fingerprint density at radius 3 is 2.68 bits per heavy atom. The maximum Gasteiger partial charge on any atom is 0.274 e. The van der Waals surface area contributed by atoms with Crippen molar-refractivity contribution < 1.29 is 9.21 Å². The summed E-state index contributed by atoms with van der Waals surface area (Å²) in [7, 11) is 1.75. The molecule has 6 nitrogen and oxygen atoms in total. The molecule has 0 spiro atoms. The van der Waals surface area contributed by atoms with Crippen LogP contribution >= 0.6 is 0 Å². The molecule has 0 aliphatic heterocycles. The molecular weight excluding hydrogens is 354 g/mol. The standard InChI is InChI=1S/C22H27N3O3/c1-4-6-10-20-17(16-9-7-8-11-19(16)28-20)15-24(3)22(27)18-12-13-21(26)25(23-18)14-5-2/h7-9,11-13H,4-6,10,14-15H2,1-3H3. The number of benzene rings is 1. The fourth-order valence-electron chi connectivity index (χ4n) is 3.30. The van der Waals surface area contributed by atoms with Crippen LogP contribution in [0.4, 0.5) is 0 Å². The van der Waals surface area contributed by atoms with Crippen LogP contribution in [0.3, 0.4) is 0 Å². The number of fused-ring (bicyclic) bond motifs is 1. The van der Waals surface area contributed by atoms with E-state index in [0.717, 1.165) is 48.0 Å². The summed E-state index contributed by atoms with van der Waals surface area (Å²) in [4.78, 5) is 26.4. The van der Waals surface area contributed by atoms with E-state index in [2.05, 4.69) is 12.0 Å². The van der Waals surface area contributed by atoms with E-state index in [4.69, 9.17) is 4.42 Å². The van der Waals surface area contributed by atoms with Crippen molar-refractivity contribution in [3.63, 3.8) is 0 Å². The number of rotatable bonds is 8. The first-order chi connectivity index (χ1) is 13.5. The van der Waals surface area contributed by atoms with Crippen molar-refractivity contribution in [1.82, 2.24) is 14.7 Å². The summed E-state index contributed by atoms with van der Waals surface area (Å²) in [5, 5.41) is 5.28. The highest BCUT2D eigenvalue weighted by Crippen LogP contribution is 2.28. The van der Waals surface area contributed by atoms with Crippen molar-refractivity contribution in [2.24, 2.45) is 0 Å². The largest absolute Gasteiger partial charge is 0.461 e. The van der Waals surface area contributed by atoms with Gasteiger partial charge in [0, 0.05) is 43.6 Å². The molecule has 0 fully saturated rings. The minimum atomic E-state index is -0.212. The minimum absolute atomic E-state index is 0.191. The molecule has 0 unspecified atom stereocenters. The number of amides is 1. The monoisotopic (exact) mass is 381 g/mol. The van der Waals surface area contributed by atoms with E-state index in [1.807, 2.05) is 31.2 Å². The zero-order chi connectivity index (χ0) is 20.1. The Morgan fingerprint density at radius 1 is 1.14 bits per heavy atom. The lowest BCUT2D eigenvalue weighted by molar-refractivity contribution is 0.0776. The van der Waals surface area contributed by atoms with Crippen molar-refractivity contribution in [1.29, 1.82) is 0 Å². The number of furan rings is 1. The summed E-state index contributed by atoms with van der Waals surface area (Å²) in [6.45, 7) is 5.05. The minimum Gasteiger partial charge on any atom is -0.461 e. The quantitative estimate of drug-likeness (QED) is 0.591. The van der Waals surface area contributed by atoms with Gasteiger partial charge < -0.3 is 9.32 Å². The van der Waals surface area contributed by atoms with E-state index in [0.29, 0.717) is 13.1 Å². The van der Waals surface area contributed by atoms with Crippen LogP contribution in [0, 0.1) is 0 Å². The van der Waals surface area contributed by atoms with E-state index in [9.17, 15) is 9.59 Å². The molecule has 28 heavy (non-hydrogen) atoms. The normalized spacial score (nSPS) is 11.1. The number of hydrogen-bond donors (Lipinski definition) is 0. The third-order valence-corrected chi connectivity index (χ3v) is 4.80. The average Bonchev–Trinajstić information content (AvgIpc) is 3.05. The first kappa shape index (κ1) is 19.9. The molecule has 0 saturated carbocycles. The Hall–Kier alpha value is -2.89. The summed E-state index contributed by atoms with van der Waals surface area (Å²) in [6, 6.07) is 10.8. The Labute approximate surface area is 164 Å². The Morgan fingerprint density at radius 2 is 1.93 bits per heavy atom. The van der Waals surface area contributed by atoms with Gasteiger partial charge in [-0.2, -0.15) is 5.10 Å². The highest BCUT2D eigenvalue weighted by Gasteiger charge is 2.20. The van der Waals surface area contributed by atoms with Crippen LogP contribution < -0.4 is 5.56 Å². The number of carbonyl (C=O) groups is 1. The van der Waals surface area contributed by atoms with E-state index in [1.165, 1.54) is 16.8 Å². The predicted molar refractivity (Wildman–Crippen MR) is 109 cm³/mol. The second-order valence-electron chi connectivity index (χ2n) is 7.04. The van der Waals surface area contributed by atoms with Crippen molar-refractivity contribution >= 4 is 16.9 Å². The van der Waals surface area contributed by atoms with Gasteiger partial charge >= 0.3 is 0 Å². The zero-order valence-corrected chi connectivity index (χ0v) is 16.8. The van der Waals surface area contributed by atoms with Gasteiger partial charge in [-0.3, -0.25) is 9.59 Å². The number of hydrogen-bond acceptors (Lipinski definition) is 4. The summed E-state index contributed by atoms with van der Waals surface area (Å²) < 4.78 is 7.40. The third kappa shape index (κ3) is 4.16. The molecule has 3 rings (SSSR count). The highest BCUT2D eigenvalue weighted by molar-refractivity contribution is 5.92. The molecule has 1 aromatic carbocycles. The third-order valence-electron chi connectivity index (χ3n) is 4.80. The van der Waals surface area contributed by atoms with Gasteiger partial charge in [0.05, 0.1) is 0 Å². The maximum absolute atomic E-state index is 12.9. The Kier molecular flexibility index (Phi) is 6.29. The van der Waals surface area contributed by atoms with Gasteiger partial charge in [0.15, 0.2) is 0 Å². The molecule has 0 radical (unpaired) electrons. The van der Waals surface area contributed by atoms with Gasteiger partial charge in [0.1, 0.15) is 17.0 Å². The first-order valence-electron chi connectivity index (χ1n) is 9.88. The SMILES string of the molecule is CCCCc1oc2ccccc2c1CN(C)C(=O)c1ccc(=O)n(CCC)n1. The highest BCUT2D eigenvalue weighted by atomic mass is 16.3. The molecule has 1 amide bonds. The zero-order valence-electron chi connectivity index (χ0n) is 16.8. The molecule has 0 aliphatic rings. The summed E-state index contributed by atoms with van der Waals surface area (Å²) in [5.74, 6) is 0.725. The lowest BCUT2D eigenvalue weighted by Gasteiger charge is -2.17. The van der Waals surface area contributed by atoms with Crippen LogP contribution in [0.2, 0.25) is 0 Å². The smallest absolute Gasteiger partial charge is 0.274 e. The van der Waals surface area contributed by atoms with E-state index in [1.54, 1.807) is 11.9 Å². The lowest BCUT2D eigenvalue weighted by Crippen LogP contribution is -2.31. The molecule has 0 N–H and O–H groups in total. The number of carbonyl (C=O) groups excluding carboxylic acids is 1. The Balaban J connectivity index is 1.88. The lowest BCUT2D eigenvalue weighted by atomic mass is 10.1. The fraction of sp³-hybridized carbons (Fsp3) is 0.409. The van der Waals surface area contributed by atoms with Gasteiger partial charge in [-0.15, -0.1) is 0 Å². The molecule has 148 valence electrons. The maximum atomic E-state index is 12.9. The number of aryl methyl sites for hydroxylation is 2. The molecule has 0 aliphatic carbocycles. The summed E-state index contributed by atoms with van der Waals surface area (Å²) in [5.41, 5.74) is 1.98. The summed E-state index contributed by atoms with van der Waals surface area (Å²) >= 11 is 0. The molecule has 2 heterocycles. The van der Waals surface area contributed by atoms with E-state index in [-0.39, 0.29) is 17.2 Å². The van der Waals surface area contributed by atoms with Crippen LogP contribution in [0.5, 0.6) is 0 Å². The predicted octanol–water partition coefficient (Wildman–Crippen LogP) is 4.01. The molecule has 0 atom stereocenters. The van der Waals surface area contributed by atoms with Crippen LogP contribution in [0.1, 0.15) is 54.9 Å².